The number of imide groups is 1. The smallest absolute Gasteiger partial charge is 0.294 e. The van der Waals surface area contributed by atoms with E-state index in [1.165, 1.54) is 12.3 Å². The number of amides is 3. The van der Waals surface area contributed by atoms with Crippen LogP contribution in [0.5, 0.6) is 0 Å². The van der Waals surface area contributed by atoms with Crippen LogP contribution in [0.2, 0.25) is 0 Å². The standard InChI is InChI=1S/C15H19N3O4S/c1-17(2)7-4-6-16-13(19)10-18-14(20)12(23-15(18)21)9-11-5-3-8-22-11/h3,5,8-9H,4,6-7,10H2,1-2H3,(H,16,19). The normalized spacial score (nSPS) is 16.7. The molecule has 1 aromatic heterocycles. The van der Waals surface area contributed by atoms with Crippen LogP contribution in [0.4, 0.5) is 4.79 Å². The minimum absolute atomic E-state index is 0.255. The molecule has 0 radical (unpaired) electrons. The molecule has 1 aliphatic rings. The molecule has 1 saturated heterocycles. The van der Waals surface area contributed by atoms with E-state index in [0.717, 1.165) is 29.6 Å². The van der Waals surface area contributed by atoms with Crippen LogP contribution in [0.1, 0.15) is 12.2 Å². The Kier molecular flexibility index (Phi) is 6.00. The molecule has 23 heavy (non-hydrogen) atoms. The van der Waals surface area contributed by atoms with Gasteiger partial charge in [0.25, 0.3) is 11.1 Å². The lowest BCUT2D eigenvalue weighted by atomic mass is 10.3. The van der Waals surface area contributed by atoms with Crippen molar-refractivity contribution in [2.45, 2.75) is 6.42 Å². The molecule has 7 nitrogen and oxygen atoms in total. The van der Waals surface area contributed by atoms with Gasteiger partial charge in [0.15, 0.2) is 0 Å². The summed E-state index contributed by atoms with van der Waals surface area (Å²) in [4.78, 5) is 39.1. The lowest BCUT2D eigenvalue weighted by Gasteiger charge is -2.13. The van der Waals surface area contributed by atoms with E-state index in [9.17, 15) is 14.4 Å². The maximum atomic E-state index is 12.2. The molecule has 2 heterocycles. The SMILES string of the molecule is CN(C)CCCNC(=O)CN1C(=O)SC(=Cc2ccco2)C1=O. The van der Waals surface area contributed by atoms with E-state index in [1.807, 2.05) is 19.0 Å². The maximum absolute atomic E-state index is 12.2. The Bertz CT molecular complexity index is 610. The van der Waals surface area contributed by atoms with Crippen LogP contribution in [-0.4, -0.2) is 60.6 Å². The first-order valence-corrected chi connectivity index (χ1v) is 7.99. The molecule has 3 amide bonds. The Hall–Kier alpha value is -2.06. The zero-order valence-corrected chi connectivity index (χ0v) is 13.9. The minimum atomic E-state index is -0.472. The summed E-state index contributed by atoms with van der Waals surface area (Å²) in [6.07, 6.45) is 3.79. The summed E-state index contributed by atoms with van der Waals surface area (Å²) in [5, 5.41) is 2.26. The van der Waals surface area contributed by atoms with Crippen molar-refractivity contribution in [2.24, 2.45) is 0 Å². The van der Waals surface area contributed by atoms with Gasteiger partial charge in [0.2, 0.25) is 5.91 Å². The van der Waals surface area contributed by atoms with Crippen molar-refractivity contribution in [3.8, 4) is 0 Å². The van der Waals surface area contributed by atoms with E-state index < -0.39 is 11.1 Å². The highest BCUT2D eigenvalue weighted by Crippen LogP contribution is 2.31. The fourth-order valence-corrected chi connectivity index (χ4v) is 2.78. The van der Waals surface area contributed by atoms with Crippen LogP contribution in [0, 0.1) is 0 Å². The molecule has 0 unspecified atom stereocenters. The molecule has 0 aliphatic carbocycles. The molecule has 8 heteroatoms. The van der Waals surface area contributed by atoms with Gasteiger partial charge in [-0.05, 0) is 51.0 Å². The molecule has 0 bridgehead atoms. The number of hydrogen-bond donors (Lipinski definition) is 1. The predicted octanol–water partition coefficient (Wildman–Crippen LogP) is 1.38. The molecule has 124 valence electrons. The number of thioether (sulfide) groups is 1. The van der Waals surface area contributed by atoms with Crippen molar-refractivity contribution in [3.05, 3.63) is 29.1 Å². The first-order valence-electron chi connectivity index (χ1n) is 7.17. The molecule has 1 aliphatic heterocycles. The van der Waals surface area contributed by atoms with Crippen molar-refractivity contribution >= 4 is 34.9 Å². The summed E-state index contributed by atoms with van der Waals surface area (Å²) >= 11 is 0.806. The second-order valence-electron chi connectivity index (χ2n) is 5.29. The molecule has 1 fully saturated rings. The van der Waals surface area contributed by atoms with Gasteiger partial charge in [-0.15, -0.1) is 0 Å². The molecule has 0 atom stereocenters. The second kappa shape index (κ2) is 7.98. The van der Waals surface area contributed by atoms with Crippen molar-refractivity contribution < 1.29 is 18.8 Å². The Morgan fingerprint density at radius 2 is 2.22 bits per heavy atom. The second-order valence-corrected chi connectivity index (χ2v) is 6.28. The van der Waals surface area contributed by atoms with E-state index >= 15 is 0 Å². The maximum Gasteiger partial charge on any atom is 0.294 e. The van der Waals surface area contributed by atoms with Gasteiger partial charge in [0.05, 0.1) is 11.2 Å². The summed E-state index contributed by atoms with van der Waals surface area (Å²) in [5.74, 6) is -0.325. The van der Waals surface area contributed by atoms with Crippen LogP contribution >= 0.6 is 11.8 Å². The first-order chi connectivity index (χ1) is 11.0. The highest BCUT2D eigenvalue weighted by atomic mass is 32.2. The highest BCUT2D eigenvalue weighted by molar-refractivity contribution is 8.18. The van der Waals surface area contributed by atoms with E-state index in [1.54, 1.807) is 12.1 Å². The minimum Gasteiger partial charge on any atom is -0.465 e. The first kappa shape index (κ1) is 17.3. The van der Waals surface area contributed by atoms with Crippen LogP contribution < -0.4 is 5.32 Å². The van der Waals surface area contributed by atoms with Gasteiger partial charge in [0.1, 0.15) is 12.3 Å². The lowest BCUT2D eigenvalue weighted by molar-refractivity contribution is -0.129. The zero-order valence-electron chi connectivity index (χ0n) is 13.1. The van der Waals surface area contributed by atoms with Gasteiger partial charge >= 0.3 is 0 Å². The third-order valence-corrected chi connectivity index (χ3v) is 4.00. The Balaban J connectivity index is 1.87. The molecule has 0 aromatic carbocycles. The van der Waals surface area contributed by atoms with Gasteiger partial charge in [-0.25, -0.2) is 0 Å². The molecule has 1 N–H and O–H groups in total. The zero-order chi connectivity index (χ0) is 16.8. The van der Waals surface area contributed by atoms with Gasteiger partial charge < -0.3 is 14.6 Å². The topological polar surface area (TPSA) is 82.9 Å². The van der Waals surface area contributed by atoms with E-state index in [0.29, 0.717) is 12.3 Å². The molecule has 2 rings (SSSR count). The van der Waals surface area contributed by atoms with Gasteiger partial charge in [-0.3, -0.25) is 19.3 Å². The average molecular weight is 337 g/mol. The fraction of sp³-hybridized carbons (Fsp3) is 0.400. The lowest BCUT2D eigenvalue weighted by Crippen LogP contribution is -2.40. The van der Waals surface area contributed by atoms with Crippen LogP contribution in [0.15, 0.2) is 27.7 Å². The van der Waals surface area contributed by atoms with Crippen LogP contribution in [-0.2, 0) is 9.59 Å². The summed E-state index contributed by atoms with van der Waals surface area (Å²) in [5.41, 5.74) is 0. The van der Waals surface area contributed by atoms with E-state index in [2.05, 4.69) is 5.32 Å². The molecule has 0 spiro atoms. The third kappa shape index (κ3) is 4.97. The number of rotatable bonds is 7. The summed E-state index contributed by atoms with van der Waals surface area (Å²) in [7, 11) is 3.90. The number of nitrogens with one attached hydrogen (secondary N) is 1. The largest absolute Gasteiger partial charge is 0.465 e. The fourth-order valence-electron chi connectivity index (χ4n) is 1.96. The van der Waals surface area contributed by atoms with Gasteiger partial charge in [-0.1, -0.05) is 0 Å². The average Bonchev–Trinajstić information content (AvgIpc) is 3.08. The van der Waals surface area contributed by atoms with E-state index in [4.69, 9.17) is 4.42 Å². The van der Waals surface area contributed by atoms with Gasteiger partial charge in [-0.2, -0.15) is 0 Å². The van der Waals surface area contributed by atoms with Crippen molar-refractivity contribution in [2.75, 3.05) is 33.7 Å². The number of carbonyl (C=O) groups is 3. The molecule has 0 saturated carbocycles. The number of hydrogen-bond acceptors (Lipinski definition) is 6. The van der Waals surface area contributed by atoms with Gasteiger partial charge in [0, 0.05) is 12.6 Å². The van der Waals surface area contributed by atoms with Crippen molar-refractivity contribution in [3.63, 3.8) is 0 Å². The Morgan fingerprint density at radius 1 is 1.43 bits per heavy atom. The molecule has 1 aromatic rings. The Labute approximate surface area is 138 Å². The van der Waals surface area contributed by atoms with Crippen LogP contribution in [0.3, 0.4) is 0 Å². The Morgan fingerprint density at radius 3 is 2.87 bits per heavy atom. The molecular formula is C15H19N3O4S. The summed E-state index contributed by atoms with van der Waals surface area (Å²) in [6, 6.07) is 3.38. The van der Waals surface area contributed by atoms with Crippen molar-refractivity contribution in [1.29, 1.82) is 0 Å². The van der Waals surface area contributed by atoms with Crippen LogP contribution in [0.25, 0.3) is 6.08 Å². The summed E-state index contributed by atoms with van der Waals surface area (Å²) in [6.45, 7) is 1.10. The quantitative estimate of drug-likeness (QED) is 0.598. The number of nitrogens with zero attached hydrogens (tertiary/aromatic N) is 2. The summed E-state index contributed by atoms with van der Waals surface area (Å²) < 4.78 is 5.13. The molecular weight excluding hydrogens is 318 g/mol. The number of carbonyl (C=O) groups excluding carboxylic acids is 3. The van der Waals surface area contributed by atoms with E-state index in [-0.39, 0.29) is 17.4 Å². The highest BCUT2D eigenvalue weighted by Gasteiger charge is 2.36. The monoisotopic (exact) mass is 337 g/mol. The third-order valence-electron chi connectivity index (χ3n) is 3.10. The van der Waals surface area contributed by atoms with Crippen molar-refractivity contribution in [1.82, 2.24) is 15.1 Å². The number of furan rings is 1. The predicted molar refractivity (Wildman–Crippen MR) is 87.6 cm³/mol.